The fraction of sp³-hybridized carbons (Fsp3) is 0.235. The summed E-state index contributed by atoms with van der Waals surface area (Å²) in [5.74, 6) is 1.21. The van der Waals surface area contributed by atoms with Crippen LogP contribution in [0.5, 0.6) is 11.5 Å². The first-order chi connectivity index (χ1) is 10.3. The van der Waals surface area contributed by atoms with Crippen molar-refractivity contribution in [2.45, 2.75) is 12.7 Å². The Hall–Kier alpha value is -2.33. The van der Waals surface area contributed by atoms with Crippen LogP contribution in [0.4, 0.5) is 0 Å². The molecule has 1 aliphatic heterocycles. The van der Waals surface area contributed by atoms with Gasteiger partial charge in [0.1, 0.15) is 30.8 Å². The monoisotopic (exact) mass is 284 g/mol. The van der Waals surface area contributed by atoms with Crippen LogP contribution in [0.15, 0.2) is 48.5 Å². The lowest BCUT2D eigenvalue weighted by molar-refractivity contribution is 0.111. The molecule has 1 fully saturated rings. The molecule has 21 heavy (non-hydrogen) atoms. The van der Waals surface area contributed by atoms with Crippen molar-refractivity contribution in [3.05, 3.63) is 59.7 Å². The molecule has 0 amide bonds. The molecule has 2 aromatic rings. The van der Waals surface area contributed by atoms with E-state index >= 15 is 0 Å². The molecule has 1 aliphatic rings. The lowest BCUT2D eigenvalue weighted by Crippen LogP contribution is -2.05. The van der Waals surface area contributed by atoms with E-state index in [2.05, 4.69) is 0 Å². The first-order valence-corrected chi connectivity index (χ1v) is 6.85. The van der Waals surface area contributed by atoms with E-state index < -0.39 is 0 Å². The molecule has 1 unspecified atom stereocenters. The van der Waals surface area contributed by atoms with Crippen LogP contribution in [-0.2, 0) is 11.3 Å². The van der Waals surface area contributed by atoms with Crippen LogP contribution in [0.3, 0.4) is 0 Å². The number of carbonyl (C=O) groups excluding carboxylic acids is 1. The fourth-order valence-electron chi connectivity index (χ4n) is 1.93. The van der Waals surface area contributed by atoms with E-state index in [1.807, 2.05) is 30.3 Å². The van der Waals surface area contributed by atoms with Crippen molar-refractivity contribution in [3.63, 3.8) is 0 Å². The highest BCUT2D eigenvalue weighted by Crippen LogP contribution is 2.24. The minimum absolute atomic E-state index is 0.193. The second-order valence-electron chi connectivity index (χ2n) is 4.86. The minimum atomic E-state index is 0.193. The lowest BCUT2D eigenvalue weighted by Gasteiger charge is -2.10. The van der Waals surface area contributed by atoms with E-state index in [1.54, 1.807) is 18.2 Å². The standard InChI is InChI=1S/C17H16O4/c18-9-14-8-15(19-11-16-12-20-16)6-7-17(14)21-10-13-4-2-1-3-5-13/h1-9,16H,10-12H2. The molecular formula is C17H16O4. The molecule has 4 heteroatoms. The number of hydrogen-bond acceptors (Lipinski definition) is 4. The van der Waals surface area contributed by atoms with Gasteiger partial charge in [-0.15, -0.1) is 0 Å². The average Bonchev–Trinajstić information content (AvgIpc) is 3.36. The number of aldehydes is 1. The normalized spacial score (nSPS) is 16.3. The van der Waals surface area contributed by atoms with Crippen molar-refractivity contribution in [1.29, 1.82) is 0 Å². The molecule has 0 aromatic heterocycles. The molecule has 0 bridgehead atoms. The molecule has 1 heterocycles. The summed E-state index contributed by atoms with van der Waals surface area (Å²) in [6.07, 6.45) is 0.972. The quantitative estimate of drug-likeness (QED) is 0.579. The second-order valence-corrected chi connectivity index (χ2v) is 4.86. The van der Waals surface area contributed by atoms with Crippen LogP contribution in [0.25, 0.3) is 0 Å². The van der Waals surface area contributed by atoms with Gasteiger partial charge in [0.15, 0.2) is 6.29 Å². The Kier molecular flexibility index (Phi) is 4.17. The van der Waals surface area contributed by atoms with Gasteiger partial charge in [-0.2, -0.15) is 0 Å². The van der Waals surface area contributed by atoms with Gasteiger partial charge in [-0.1, -0.05) is 30.3 Å². The number of ether oxygens (including phenoxy) is 3. The molecule has 4 nitrogen and oxygen atoms in total. The number of benzene rings is 2. The zero-order valence-electron chi connectivity index (χ0n) is 11.5. The van der Waals surface area contributed by atoms with E-state index in [1.165, 1.54) is 0 Å². The predicted octanol–water partition coefficient (Wildman–Crippen LogP) is 2.86. The van der Waals surface area contributed by atoms with Gasteiger partial charge in [0.05, 0.1) is 12.2 Å². The maximum Gasteiger partial charge on any atom is 0.153 e. The Morgan fingerprint density at radius 1 is 1.14 bits per heavy atom. The Morgan fingerprint density at radius 3 is 2.67 bits per heavy atom. The summed E-state index contributed by atoms with van der Waals surface area (Å²) in [5, 5.41) is 0. The van der Waals surface area contributed by atoms with Crippen LogP contribution < -0.4 is 9.47 Å². The lowest BCUT2D eigenvalue weighted by atomic mass is 10.2. The number of hydrogen-bond donors (Lipinski definition) is 0. The molecule has 3 rings (SSSR count). The average molecular weight is 284 g/mol. The summed E-state index contributed by atoms with van der Waals surface area (Å²) in [5.41, 5.74) is 1.54. The zero-order chi connectivity index (χ0) is 14.5. The summed E-state index contributed by atoms with van der Waals surface area (Å²) in [6.45, 7) is 1.69. The maximum atomic E-state index is 11.2. The van der Waals surface area contributed by atoms with E-state index in [4.69, 9.17) is 14.2 Å². The fourth-order valence-corrected chi connectivity index (χ4v) is 1.93. The SMILES string of the molecule is O=Cc1cc(OCC2CO2)ccc1OCc1ccccc1. The molecular weight excluding hydrogens is 268 g/mol. The summed E-state index contributed by atoms with van der Waals surface area (Å²) in [6, 6.07) is 15.1. The Labute approximate surface area is 123 Å². The van der Waals surface area contributed by atoms with Crippen LogP contribution in [0, 0.1) is 0 Å². The van der Waals surface area contributed by atoms with Gasteiger partial charge >= 0.3 is 0 Å². The van der Waals surface area contributed by atoms with Gasteiger partial charge < -0.3 is 14.2 Å². The zero-order valence-corrected chi connectivity index (χ0v) is 11.5. The van der Waals surface area contributed by atoms with Gasteiger partial charge in [0.2, 0.25) is 0 Å². The van der Waals surface area contributed by atoms with Crippen molar-refractivity contribution >= 4 is 6.29 Å². The third-order valence-corrected chi connectivity index (χ3v) is 3.18. The molecule has 1 atom stereocenters. The third kappa shape index (κ3) is 3.83. The number of rotatable bonds is 7. The second kappa shape index (κ2) is 6.41. The third-order valence-electron chi connectivity index (χ3n) is 3.18. The van der Waals surface area contributed by atoms with Gasteiger partial charge in [-0.3, -0.25) is 4.79 Å². The largest absolute Gasteiger partial charge is 0.491 e. The highest BCUT2D eigenvalue weighted by atomic mass is 16.6. The molecule has 0 N–H and O–H groups in total. The predicted molar refractivity (Wildman–Crippen MR) is 77.8 cm³/mol. The minimum Gasteiger partial charge on any atom is -0.491 e. The van der Waals surface area contributed by atoms with Gasteiger partial charge in [-0.05, 0) is 23.8 Å². The van der Waals surface area contributed by atoms with Gasteiger partial charge in [0.25, 0.3) is 0 Å². The first kappa shape index (κ1) is 13.6. The van der Waals surface area contributed by atoms with Crippen LogP contribution >= 0.6 is 0 Å². The molecule has 2 aromatic carbocycles. The topological polar surface area (TPSA) is 48.1 Å². The maximum absolute atomic E-state index is 11.2. The number of epoxide rings is 1. The van der Waals surface area contributed by atoms with Crippen molar-refractivity contribution in [2.24, 2.45) is 0 Å². The first-order valence-electron chi connectivity index (χ1n) is 6.85. The molecule has 1 saturated heterocycles. The van der Waals surface area contributed by atoms with Gasteiger partial charge in [0, 0.05) is 0 Å². The van der Waals surface area contributed by atoms with Crippen LogP contribution in [-0.4, -0.2) is 25.6 Å². The van der Waals surface area contributed by atoms with Crippen LogP contribution in [0.2, 0.25) is 0 Å². The van der Waals surface area contributed by atoms with Crippen molar-refractivity contribution < 1.29 is 19.0 Å². The molecule has 0 radical (unpaired) electrons. The highest BCUT2D eigenvalue weighted by molar-refractivity contribution is 5.80. The summed E-state index contributed by atoms with van der Waals surface area (Å²) in [4.78, 5) is 11.2. The molecule has 0 saturated carbocycles. The van der Waals surface area contributed by atoms with E-state index in [0.29, 0.717) is 30.3 Å². The molecule has 0 aliphatic carbocycles. The van der Waals surface area contributed by atoms with Crippen LogP contribution in [0.1, 0.15) is 15.9 Å². The Bertz CT molecular complexity index is 605. The van der Waals surface area contributed by atoms with E-state index in [0.717, 1.165) is 18.5 Å². The highest BCUT2D eigenvalue weighted by Gasteiger charge is 2.23. The molecule has 108 valence electrons. The Morgan fingerprint density at radius 2 is 1.95 bits per heavy atom. The van der Waals surface area contributed by atoms with Gasteiger partial charge in [-0.25, -0.2) is 0 Å². The number of carbonyl (C=O) groups is 1. The Balaban J connectivity index is 1.64. The summed E-state index contributed by atoms with van der Waals surface area (Å²) < 4.78 is 16.3. The summed E-state index contributed by atoms with van der Waals surface area (Å²) >= 11 is 0. The van der Waals surface area contributed by atoms with Crippen molar-refractivity contribution in [3.8, 4) is 11.5 Å². The molecule has 0 spiro atoms. The summed E-state index contributed by atoms with van der Waals surface area (Å²) in [7, 11) is 0. The van der Waals surface area contributed by atoms with Crippen molar-refractivity contribution in [1.82, 2.24) is 0 Å². The van der Waals surface area contributed by atoms with E-state index in [-0.39, 0.29) is 6.10 Å². The van der Waals surface area contributed by atoms with E-state index in [9.17, 15) is 4.79 Å². The smallest absolute Gasteiger partial charge is 0.153 e. The van der Waals surface area contributed by atoms with Crippen molar-refractivity contribution in [2.75, 3.05) is 13.2 Å².